The largest absolute Gasteiger partial charge is 0.357 e. The molecule has 31 heavy (non-hydrogen) atoms. The number of aliphatic imine (C=N–C) groups is 1. The van der Waals surface area contributed by atoms with Gasteiger partial charge in [-0.05, 0) is 44.4 Å². The first-order chi connectivity index (χ1) is 15.0. The van der Waals surface area contributed by atoms with Gasteiger partial charge in [0.2, 0.25) is 11.8 Å². The second-order valence-corrected chi connectivity index (χ2v) is 8.28. The maximum absolute atomic E-state index is 12.7. The Bertz CT molecular complexity index is 782. The number of rotatable bonds is 6. The normalized spacial score (nSPS) is 18.7. The Labute approximate surface area is 185 Å². The summed E-state index contributed by atoms with van der Waals surface area (Å²) in [5.74, 6) is 1.08. The Morgan fingerprint density at radius 1 is 1.06 bits per heavy atom. The van der Waals surface area contributed by atoms with Crippen molar-refractivity contribution in [1.29, 1.82) is 0 Å². The molecule has 2 fully saturated rings. The van der Waals surface area contributed by atoms with Crippen molar-refractivity contribution < 1.29 is 9.59 Å². The molecule has 1 unspecified atom stereocenters. The molecule has 170 valence electrons. The van der Waals surface area contributed by atoms with E-state index in [9.17, 15) is 9.59 Å². The molecule has 2 aliphatic rings. The van der Waals surface area contributed by atoms with Crippen molar-refractivity contribution >= 4 is 23.5 Å². The van der Waals surface area contributed by atoms with E-state index >= 15 is 0 Å². The quantitative estimate of drug-likeness (QED) is 0.533. The molecule has 1 aromatic rings. The number of amides is 2. The van der Waals surface area contributed by atoms with E-state index in [-0.39, 0.29) is 17.9 Å². The number of guanidine groups is 1. The first-order valence-corrected chi connectivity index (χ1v) is 11.4. The van der Waals surface area contributed by atoms with Crippen LogP contribution in [0.15, 0.2) is 29.3 Å². The van der Waals surface area contributed by atoms with Crippen LogP contribution in [0.3, 0.4) is 0 Å². The van der Waals surface area contributed by atoms with Crippen LogP contribution in [0, 0.1) is 0 Å². The van der Waals surface area contributed by atoms with Crippen LogP contribution < -0.4 is 10.6 Å². The molecular weight excluding hydrogens is 392 g/mol. The molecule has 0 radical (unpaired) electrons. The van der Waals surface area contributed by atoms with E-state index in [1.54, 1.807) is 0 Å². The van der Waals surface area contributed by atoms with Gasteiger partial charge in [-0.3, -0.25) is 14.5 Å². The maximum atomic E-state index is 12.7. The summed E-state index contributed by atoms with van der Waals surface area (Å²) in [6.07, 6.45) is 2.25. The lowest BCUT2D eigenvalue weighted by molar-refractivity contribution is -0.135. The van der Waals surface area contributed by atoms with Crippen molar-refractivity contribution in [3.8, 4) is 0 Å². The summed E-state index contributed by atoms with van der Waals surface area (Å²) < 4.78 is 0. The molecule has 8 nitrogen and oxygen atoms in total. The lowest BCUT2D eigenvalue weighted by atomic mass is 10.2. The standard InChI is InChI=1S/C23H36N6O2/c1-4-24-23(25-17-20-8-7-9-21(16-20)26-19(3)30)29-14-12-27(13-15-29)18(2)22(31)28-10-5-6-11-28/h7-9,16,18H,4-6,10-15,17H2,1-3H3,(H,24,25)(H,26,30). The van der Waals surface area contributed by atoms with Crippen molar-refractivity contribution in [2.24, 2.45) is 4.99 Å². The fourth-order valence-electron chi connectivity index (χ4n) is 4.22. The van der Waals surface area contributed by atoms with Crippen molar-refractivity contribution in [2.75, 3.05) is 51.1 Å². The summed E-state index contributed by atoms with van der Waals surface area (Å²) in [4.78, 5) is 35.4. The van der Waals surface area contributed by atoms with Gasteiger partial charge in [0.15, 0.2) is 5.96 Å². The van der Waals surface area contributed by atoms with E-state index in [0.29, 0.717) is 6.54 Å². The molecule has 3 rings (SSSR count). The second-order valence-electron chi connectivity index (χ2n) is 8.28. The van der Waals surface area contributed by atoms with Crippen LogP contribution in [-0.4, -0.2) is 84.3 Å². The fourth-order valence-corrected chi connectivity index (χ4v) is 4.22. The molecule has 1 atom stereocenters. The molecule has 0 spiro atoms. The van der Waals surface area contributed by atoms with Crippen LogP contribution >= 0.6 is 0 Å². The number of carbonyl (C=O) groups excluding carboxylic acids is 2. The smallest absolute Gasteiger partial charge is 0.239 e. The highest BCUT2D eigenvalue weighted by atomic mass is 16.2. The third kappa shape index (κ3) is 6.43. The average Bonchev–Trinajstić information content (AvgIpc) is 3.30. The van der Waals surface area contributed by atoms with Crippen LogP contribution in [-0.2, 0) is 16.1 Å². The first kappa shape index (κ1) is 23.1. The van der Waals surface area contributed by atoms with E-state index in [0.717, 1.165) is 75.9 Å². The topological polar surface area (TPSA) is 80.3 Å². The SMILES string of the molecule is CCNC(=NCc1cccc(NC(C)=O)c1)N1CCN(C(C)C(=O)N2CCCC2)CC1. The monoisotopic (exact) mass is 428 g/mol. The number of hydrogen-bond donors (Lipinski definition) is 2. The second kappa shape index (κ2) is 11.1. The molecule has 2 N–H and O–H groups in total. The van der Waals surface area contributed by atoms with Gasteiger partial charge in [-0.2, -0.15) is 0 Å². The highest BCUT2D eigenvalue weighted by Gasteiger charge is 2.30. The van der Waals surface area contributed by atoms with Gasteiger partial charge < -0.3 is 20.4 Å². The third-order valence-corrected chi connectivity index (χ3v) is 5.93. The number of likely N-dealkylation sites (tertiary alicyclic amines) is 1. The number of hydrogen-bond acceptors (Lipinski definition) is 4. The lowest BCUT2D eigenvalue weighted by Crippen LogP contribution is -2.57. The molecule has 0 aromatic heterocycles. The van der Waals surface area contributed by atoms with Crippen LogP contribution in [0.4, 0.5) is 5.69 Å². The van der Waals surface area contributed by atoms with Gasteiger partial charge in [-0.25, -0.2) is 4.99 Å². The summed E-state index contributed by atoms with van der Waals surface area (Å²) in [7, 11) is 0. The fraction of sp³-hybridized carbons (Fsp3) is 0.609. The number of piperazine rings is 1. The van der Waals surface area contributed by atoms with Gasteiger partial charge in [0.25, 0.3) is 0 Å². The highest BCUT2D eigenvalue weighted by Crippen LogP contribution is 2.15. The van der Waals surface area contributed by atoms with Gasteiger partial charge >= 0.3 is 0 Å². The predicted octanol–water partition coefficient (Wildman–Crippen LogP) is 1.74. The molecule has 2 heterocycles. The molecule has 2 saturated heterocycles. The van der Waals surface area contributed by atoms with Gasteiger partial charge in [0.1, 0.15) is 0 Å². The minimum atomic E-state index is -0.0793. The highest BCUT2D eigenvalue weighted by molar-refractivity contribution is 5.88. The predicted molar refractivity (Wildman–Crippen MR) is 124 cm³/mol. The van der Waals surface area contributed by atoms with Gasteiger partial charge in [0.05, 0.1) is 12.6 Å². The summed E-state index contributed by atoms with van der Waals surface area (Å²) in [5, 5.41) is 6.21. The molecule has 0 bridgehead atoms. The zero-order chi connectivity index (χ0) is 22.2. The van der Waals surface area contributed by atoms with E-state index in [4.69, 9.17) is 4.99 Å². The lowest BCUT2D eigenvalue weighted by Gasteiger charge is -2.39. The Balaban J connectivity index is 1.57. The number of nitrogens with zero attached hydrogens (tertiary/aromatic N) is 4. The average molecular weight is 429 g/mol. The summed E-state index contributed by atoms with van der Waals surface area (Å²) in [6.45, 7) is 12.2. The van der Waals surface area contributed by atoms with Crippen molar-refractivity contribution in [3.63, 3.8) is 0 Å². The Morgan fingerprint density at radius 3 is 2.42 bits per heavy atom. The van der Waals surface area contributed by atoms with Gasteiger partial charge in [-0.1, -0.05) is 12.1 Å². The van der Waals surface area contributed by atoms with Crippen molar-refractivity contribution in [2.45, 2.75) is 46.2 Å². The Hall–Kier alpha value is -2.61. The molecule has 0 aliphatic carbocycles. The van der Waals surface area contributed by atoms with Crippen LogP contribution in [0.1, 0.15) is 39.2 Å². The Morgan fingerprint density at radius 2 is 1.77 bits per heavy atom. The summed E-state index contributed by atoms with van der Waals surface area (Å²) in [5.41, 5.74) is 1.83. The van der Waals surface area contributed by atoms with E-state index < -0.39 is 0 Å². The maximum Gasteiger partial charge on any atom is 0.239 e. The summed E-state index contributed by atoms with van der Waals surface area (Å²) in [6, 6.07) is 7.72. The molecule has 2 aliphatic heterocycles. The first-order valence-electron chi connectivity index (χ1n) is 11.4. The molecular formula is C23H36N6O2. The van der Waals surface area contributed by atoms with Gasteiger partial charge in [0, 0.05) is 58.4 Å². The number of benzene rings is 1. The Kier molecular flexibility index (Phi) is 8.28. The van der Waals surface area contributed by atoms with Crippen molar-refractivity contribution in [3.05, 3.63) is 29.8 Å². The minimum Gasteiger partial charge on any atom is -0.357 e. The minimum absolute atomic E-state index is 0.0590. The van der Waals surface area contributed by atoms with Crippen LogP contribution in [0.25, 0.3) is 0 Å². The van der Waals surface area contributed by atoms with Crippen LogP contribution in [0.2, 0.25) is 0 Å². The van der Waals surface area contributed by atoms with E-state index in [1.807, 2.05) is 36.1 Å². The molecule has 8 heteroatoms. The van der Waals surface area contributed by atoms with E-state index in [2.05, 4.69) is 27.4 Å². The number of nitrogens with one attached hydrogen (secondary N) is 2. The number of carbonyl (C=O) groups is 2. The zero-order valence-electron chi connectivity index (χ0n) is 19.1. The molecule has 0 saturated carbocycles. The third-order valence-electron chi connectivity index (χ3n) is 5.93. The van der Waals surface area contributed by atoms with Gasteiger partial charge in [-0.15, -0.1) is 0 Å². The summed E-state index contributed by atoms with van der Waals surface area (Å²) >= 11 is 0. The number of anilines is 1. The van der Waals surface area contributed by atoms with E-state index in [1.165, 1.54) is 6.92 Å². The zero-order valence-corrected chi connectivity index (χ0v) is 19.1. The molecule has 1 aromatic carbocycles. The van der Waals surface area contributed by atoms with Crippen LogP contribution in [0.5, 0.6) is 0 Å². The van der Waals surface area contributed by atoms with Crippen molar-refractivity contribution in [1.82, 2.24) is 20.0 Å². The molecule has 2 amide bonds.